The second kappa shape index (κ2) is 8.51. The van der Waals surface area contributed by atoms with Crippen molar-refractivity contribution in [2.45, 2.75) is 40.5 Å². The predicted octanol–water partition coefficient (Wildman–Crippen LogP) is 4.09. The summed E-state index contributed by atoms with van der Waals surface area (Å²) in [6.45, 7) is 8.62. The third-order valence-electron chi connectivity index (χ3n) is 4.00. The van der Waals surface area contributed by atoms with Gasteiger partial charge in [-0.15, -0.1) is 0 Å². The molecule has 2 amide bonds. The van der Waals surface area contributed by atoms with E-state index in [4.69, 9.17) is 4.42 Å². The van der Waals surface area contributed by atoms with E-state index in [1.165, 1.54) is 0 Å². The summed E-state index contributed by atoms with van der Waals surface area (Å²) in [5.41, 5.74) is 2.48. The highest BCUT2D eigenvalue weighted by atomic mass is 16.3. The smallest absolute Gasteiger partial charge is 0.257 e. The standard InChI is InChI=1S/C20H26N2O3/c1-5-11-22(20(24)18-13-15(3)25-16(18)4)12-10-19(23)21-17-8-6-14(2)7-9-17/h6-9,13H,5,10-12H2,1-4H3,(H,21,23). The van der Waals surface area contributed by atoms with Gasteiger partial charge < -0.3 is 14.6 Å². The van der Waals surface area contributed by atoms with Crippen molar-refractivity contribution in [2.75, 3.05) is 18.4 Å². The summed E-state index contributed by atoms with van der Waals surface area (Å²) >= 11 is 0. The van der Waals surface area contributed by atoms with Crippen molar-refractivity contribution in [3.63, 3.8) is 0 Å². The molecule has 25 heavy (non-hydrogen) atoms. The number of aryl methyl sites for hydroxylation is 3. The molecule has 1 N–H and O–H groups in total. The monoisotopic (exact) mass is 342 g/mol. The minimum Gasteiger partial charge on any atom is -0.466 e. The van der Waals surface area contributed by atoms with Crippen LogP contribution in [-0.2, 0) is 4.79 Å². The van der Waals surface area contributed by atoms with Crippen molar-refractivity contribution < 1.29 is 14.0 Å². The quantitative estimate of drug-likeness (QED) is 0.824. The highest BCUT2D eigenvalue weighted by molar-refractivity contribution is 5.96. The SMILES string of the molecule is CCCN(CCC(=O)Nc1ccc(C)cc1)C(=O)c1cc(C)oc1C. The largest absolute Gasteiger partial charge is 0.466 e. The zero-order chi connectivity index (χ0) is 18.4. The zero-order valence-corrected chi connectivity index (χ0v) is 15.4. The zero-order valence-electron chi connectivity index (χ0n) is 15.4. The Morgan fingerprint density at radius 3 is 2.32 bits per heavy atom. The number of hydrogen-bond donors (Lipinski definition) is 1. The topological polar surface area (TPSA) is 62.6 Å². The van der Waals surface area contributed by atoms with Gasteiger partial charge in [0.15, 0.2) is 0 Å². The second-order valence-corrected chi connectivity index (χ2v) is 6.28. The molecule has 1 aromatic carbocycles. The van der Waals surface area contributed by atoms with Gasteiger partial charge in [0.2, 0.25) is 5.91 Å². The summed E-state index contributed by atoms with van der Waals surface area (Å²) in [7, 11) is 0. The summed E-state index contributed by atoms with van der Waals surface area (Å²) in [6.07, 6.45) is 1.09. The van der Waals surface area contributed by atoms with E-state index in [1.54, 1.807) is 17.9 Å². The number of nitrogens with zero attached hydrogens (tertiary/aromatic N) is 1. The van der Waals surface area contributed by atoms with Crippen molar-refractivity contribution >= 4 is 17.5 Å². The molecule has 0 fully saturated rings. The Hall–Kier alpha value is -2.56. The summed E-state index contributed by atoms with van der Waals surface area (Å²) in [4.78, 5) is 26.6. The Labute approximate surface area is 149 Å². The third kappa shape index (κ3) is 5.21. The van der Waals surface area contributed by atoms with Gasteiger partial charge in [0, 0.05) is 25.2 Å². The van der Waals surface area contributed by atoms with Crippen LogP contribution in [0.15, 0.2) is 34.7 Å². The van der Waals surface area contributed by atoms with Crippen LogP contribution >= 0.6 is 0 Å². The third-order valence-corrected chi connectivity index (χ3v) is 4.00. The van der Waals surface area contributed by atoms with Crippen molar-refractivity contribution in [1.82, 2.24) is 4.90 Å². The molecule has 0 radical (unpaired) electrons. The number of rotatable bonds is 7. The highest BCUT2D eigenvalue weighted by Crippen LogP contribution is 2.17. The van der Waals surface area contributed by atoms with Crippen LogP contribution in [0.4, 0.5) is 5.69 Å². The van der Waals surface area contributed by atoms with E-state index in [0.29, 0.717) is 24.4 Å². The maximum Gasteiger partial charge on any atom is 0.257 e. The van der Waals surface area contributed by atoms with E-state index in [0.717, 1.165) is 23.4 Å². The van der Waals surface area contributed by atoms with Gasteiger partial charge >= 0.3 is 0 Å². The first-order valence-electron chi connectivity index (χ1n) is 8.63. The van der Waals surface area contributed by atoms with E-state index >= 15 is 0 Å². The van der Waals surface area contributed by atoms with Crippen LogP contribution < -0.4 is 5.32 Å². The molecule has 0 aliphatic heterocycles. The molecule has 0 aliphatic rings. The van der Waals surface area contributed by atoms with E-state index in [9.17, 15) is 9.59 Å². The van der Waals surface area contributed by atoms with Crippen LogP contribution in [0, 0.1) is 20.8 Å². The van der Waals surface area contributed by atoms with Crippen LogP contribution in [0.2, 0.25) is 0 Å². The number of amides is 2. The number of hydrogen-bond acceptors (Lipinski definition) is 3. The minimum absolute atomic E-state index is 0.0839. The van der Waals surface area contributed by atoms with E-state index in [-0.39, 0.29) is 18.2 Å². The summed E-state index contributed by atoms with van der Waals surface area (Å²) in [6, 6.07) is 9.41. The fourth-order valence-corrected chi connectivity index (χ4v) is 2.70. The van der Waals surface area contributed by atoms with Crippen LogP contribution in [0.1, 0.15) is 47.2 Å². The Kier molecular flexibility index (Phi) is 6.39. The van der Waals surface area contributed by atoms with Gasteiger partial charge in [-0.05, 0) is 45.4 Å². The lowest BCUT2D eigenvalue weighted by Crippen LogP contribution is -2.34. The second-order valence-electron chi connectivity index (χ2n) is 6.28. The van der Waals surface area contributed by atoms with Gasteiger partial charge in [0.05, 0.1) is 5.56 Å². The lowest BCUT2D eigenvalue weighted by molar-refractivity contribution is -0.116. The number of carbonyl (C=O) groups is 2. The Morgan fingerprint density at radius 2 is 1.76 bits per heavy atom. The molecule has 0 aliphatic carbocycles. The molecule has 5 nitrogen and oxygen atoms in total. The van der Waals surface area contributed by atoms with E-state index in [1.807, 2.05) is 45.0 Å². The molecule has 0 atom stereocenters. The molecule has 1 aromatic heterocycles. The van der Waals surface area contributed by atoms with Crippen LogP contribution in [-0.4, -0.2) is 29.8 Å². The maximum atomic E-state index is 12.7. The molecule has 2 rings (SSSR count). The first kappa shape index (κ1) is 18.8. The molecule has 134 valence electrons. The lowest BCUT2D eigenvalue weighted by atomic mass is 10.2. The summed E-state index contributed by atoms with van der Waals surface area (Å²) in [5.74, 6) is 1.15. The minimum atomic E-state index is -0.0992. The van der Waals surface area contributed by atoms with Gasteiger partial charge in [-0.25, -0.2) is 0 Å². The van der Waals surface area contributed by atoms with Gasteiger partial charge in [-0.3, -0.25) is 9.59 Å². The summed E-state index contributed by atoms with van der Waals surface area (Å²) in [5, 5.41) is 2.87. The molecular weight excluding hydrogens is 316 g/mol. The number of benzene rings is 1. The predicted molar refractivity (Wildman–Crippen MR) is 98.8 cm³/mol. The van der Waals surface area contributed by atoms with Crippen molar-refractivity contribution in [3.8, 4) is 0 Å². The number of furan rings is 1. The fourth-order valence-electron chi connectivity index (χ4n) is 2.70. The average molecular weight is 342 g/mol. The number of anilines is 1. The van der Waals surface area contributed by atoms with E-state index < -0.39 is 0 Å². The highest BCUT2D eigenvalue weighted by Gasteiger charge is 2.20. The Bertz CT molecular complexity index is 732. The van der Waals surface area contributed by atoms with E-state index in [2.05, 4.69) is 5.32 Å². The van der Waals surface area contributed by atoms with Crippen LogP contribution in [0.5, 0.6) is 0 Å². The van der Waals surface area contributed by atoms with Gasteiger partial charge in [0.1, 0.15) is 11.5 Å². The Morgan fingerprint density at radius 1 is 1.08 bits per heavy atom. The van der Waals surface area contributed by atoms with Crippen molar-refractivity contribution in [2.24, 2.45) is 0 Å². The van der Waals surface area contributed by atoms with Crippen LogP contribution in [0.3, 0.4) is 0 Å². The number of carbonyl (C=O) groups excluding carboxylic acids is 2. The fraction of sp³-hybridized carbons (Fsp3) is 0.400. The first-order chi connectivity index (χ1) is 11.9. The van der Waals surface area contributed by atoms with Crippen molar-refractivity contribution in [3.05, 3.63) is 53.0 Å². The molecular formula is C20H26N2O3. The lowest BCUT2D eigenvalue weighted by Gasteiger charge is -2.21. The molecule has 0 unspecified atom stereocenters. The first-order valence-corrected chi connectivity index (χ1v) is 8.63. The molecule has 0 saturated carbocycles. The average Bonchev–Trinajstić information content (AvgIpc) is 2.91. The van der Waals surface area contributed by atoms with Crippen LogP contribution in [0.25, 0.3) is 0 Å². The number of nitrogens with one attached hydrogen (secondary N) is 1. The molecule has 2 aromatic rings. The van der Waals surface area contributed by atoms with Crippen molar-refractivity contribution in [1.29, 1.82) is 0 Å². The normalized spacial score (nSPS) is 10.6. The Balaban J connectivity index is 1.96. The molecule has 0 spiro atoms. The van der Waals surface area contributed by atoms with Gasteiger partial charge in [-0.1, -0.05) is 24.6 Å². The summed E-state index contributed by atoms with van der Waals surface area (Å²) < 4.78 is 5.45. The molecule has 5 heteroatoms. The maximum absolute atomic E-state index is 12.7. The molecule has 1 heterocycles. The van der Waals surface area contributed by atoms with Gasteiger partial charge in [0.25, 0.3) is 5.91 Å². The van der Waals surface area contributed by atoms with Gasteiger partial charge in [-0.2, -0.15) is 0 Å². The molecule has 0 saturated heterocycles. The molecule has 0 bridgehead atoms.